The molecule has 37 heavy (non-hydrogen) atoms. The van der Waals surface area contributed by atoms with E-state index in [1.165, 1.54) is 44.9 Å². The molecule has 2 rings (SSSR count). The van der Waals surface area contributed by atoms with Gasteiger partial charge < -0.3 is 25.2 Å². The second-order valence-electron chi connectivity index (χ2n) is 8.62. The van der Waals surface area contributed by atoms with Crippen LogP contribution < -0.4 is 0 Å². The molecule has 8 nitrogen and oxygen atoms in total. The molecule has 0 unspecified atom stereocenters. The third-order valence-electron chi connectivity index (χ3n) is 5.32. The van der Waals surface area contributed by atoms with Gasteiger partial charge in [-0.15, -0.1) is 0 Å². The SMILES string of the molecule is CCCCCC=CCC=CCCCCCCCC(=O)O.O=C1OC(=O)c2ccccc21.OCC(O)CO. The molecular formula is C29H44O8. The predicted octanol–water partition coefficient (Wildman–Crippen LogP) is 5.21. The zero-order valence-corrected chi connectivity index (χ0v) is 22.0. The Morgan fingerprint density at radius 1 is 0.811 bits per heavy atom. The highest BCUT2D eigenvalue weighted by molar-refractivity contribution is 6.14. The van der Waals surface area contributed by atoms with Crippen LogP contribution in [0.5, 0.6) is 0 Å². The lowest BCUT2D eigenvalue weighted by atomic mass is 10.1. The molecule has 1 aromatic carbocycles. The van der Waals surface area contributed by atoms with Crippen LogP contribution in [0.4, 0.5) is 0 Å². The van der Waals surface area contributed by atoms with Crippen molar-refractivity contribution in [2.45, 2.75) is 90.1 Å². The average Bonchev–Trinajstić information content (AvgIpc) is 3.19. The number of cyclic esters (lactones) is 2. The van der Waals surface area contributed by atoms with E-state index in [0.717, 1.165) is 25.7 Å². The average molecular weight is 521 g/mol. The molecule has 0 fully saturated rings. The van der Waals surface area contributed by atoms with Crippen LogP contribution in [0.15, 0.2) is 48.6 Å². The zero-order chi connectivity index (χ0) is 27.7. The van der Waals surface area contributed by atoms with E-state index >= 15 is 0 Å². The fraction of sp³-hybridized carbons (Fsp3) is 0.552. The summed E-state index contributed by atoms with van der Waals surface area (Å²) in [4.78, 5) is 32.0. The summed E-state index contributed by atoms with van der Waals surface area (Å²) in [5.41, 5.74) is 0.718. The molecule has 0 saturated heterocycles. The van der Waals surface area contributed by atoms with Crippen LogP contribution in [0.3, 0.4) is 0 Å². The van der Waals surface area contributed by atoms with Gasteiger partial charge in [-0.3, -0.25) is 4.79 Å². The van der Waals surface area contributed by atoms with Crippen molar-refractivity contribution in [3.8, 4) is 0 Å². The Hall–Kier alpha value is -2.81. The first kappa shape index (κ1) is 34.2. The fourth-order valence-electron chi connectivity index (χ4n) is 3.18. The summed E-state index contributed by atoms with van der Waals surface area (Å²) in [6.45, 7) is 1.51. The van der Waals surface area contributed by atoms with E-state index in [2.05, 4.69) is 36.0 Å². The third-order valence-corrected chi connectivity index (χ3v) is 5.32. The molecule has 8 heteroatoms. The summed E-state index contributed by atoms with van der Waals surface area (Å²) in [6.07, 6.45) is 21.3. The number of aliphatic hydroxyl groups is 3. The quantitative estimate of drug-likeness (QED) is 0.101. The highest BCUT2D eigenvalue weighted by Crippen LogP contribution is 2.18. The summed E-state index contributed by atoms with van der Waals surface area (Å²) >= 11 is 0. The minimum absolute atomic E-state index is 0.324. The smallest absolute Gasteiger partial charge is 0.346 e. The topological polar surface area (TPSA) is 141 Å². The zero-order valence-electron chi connectivity index (χ0n) is 22.0. The predicted molar refractivity (Wildman–Crippen MR) is 143 cm³/mol. The molecule has 1 aromatic rings. The van der Waals surface area contributed by atoms with Crippen molar-refractivity contribution in [3.05, 3.63) is 59.7 Å². The van der Waals surface area contributed by atoms with Gasteiger partial charge in [0.1, 0.15) is 6.10 Å². The van der Waals surface area contributed by atoms with E-state index in [1.54, 1.807) is 24.3 Å². The normalized spacial score (nSPS) is 12.2. The number of hydrogen-bond acceptors (Lipinski definition) is 7. The number of carbonyl (C=O) groups is 3. The third kappa shape index (κ3) is 19.0. The van der Waals surface area contributed by atoms with Gasteiger partial charge in [-0.1, -0.05) is 75.5 Å². The Morgan fingerprint density at radius 3 is 1.76 bits per heavy atom. The minimum atomic E-state index is -0.954. The highest BCUT2D eigenvalue weighted by atomic mass is 16.6. The maximum Gasteiger partial charge on any atom is 0.346 e. The minimum Gasteiger partial charge on any atom is -0.481 e. The molecule has 0 saturated carbocycles. The van der Waals surface area contributed by atoms with Crippen molar-refractivity contribution in [1.29, 1.82) is 0 Å². The summed E-state index contributed by atoms with van der Waals surface area (Å²) in [5.74, 6) is -1.77. The van der Waals surface area contributed by atoms with Crippen LogP contribution in [0.25, 0.3) is 0 Å². The summed E-state index contributed by atoms with van der Waals surface area (Å²) in [5, 5.41) is 32.5. The number of hydrogen-bond donors (Lipinski definition) is 4. The first-order valence-corrected chi connectivity index (χ1v) is 13.1. The van der Waals surface area contributed by atoms with Gasteiger partial charge in [0, 0.05) is 6.42 Å². The van der Waals surface area contributed by atoms with Gasteiger partial charge in [0.15, 0.2) is 0 Å². The lowest BCUT2D eigenvalue weighted by Crippen LogP contribution is -2.15. The van der Waals surface area contributed by atoms with Gasteiger partial charge in [-0.25, -0.2) is 9.59 Å². The molecule has 0 radical (unpaired) electrons. The van der Waals surface area contributed by atoms with Gasteiger partial charge >= 0.3 is 17.9 Å². The molecular weight excluding hydrogens is 476 g/mol. The summed E-state index contributed by atoms with van der Waals surface area (Å²) in [6, 6.07) is 6.53. The maximum atomic E-state index is 10.8. The number of benzene rings is 1. The molecule has 1 aliphatic heterocycles. The molecule has 1 heterocycles. The Kier molecular flexibility index (Phi) is 21.8. The van der Waals surface area contributed by atoms with E-state index in [1.807, 2.05) is 0 Å². The lowest BCUT2D eigenvalue weighted by Gasteiger charge is -1.98. The van der Waals surface area contributed by atoms with Crippen LogP contribution in [0.1, 0.15) is 105 Å². The number of carboxylic acids is 1. The number of rotatable bonds is 16. The van der Waals surface area contributed by atoms with Crippen molar-refractivity contribution in [3.63, 3.8) is 0 Å². The van der Waals surface area contributed by atoms with Gasteiger partial charge in [0.2, 0.25) is 0 Å². The van der Waals surface area contributed by atoms with Gasteiger partial charge in [0.05, 0.1) is 24.3 Å². The standard InChI is InChI=1S/C18H32O2.C8H4O3.C3H8O3/c1-2-3-4-5-6-7-8-9-10-11-12-13-14-15-16-17-18(19)20;9-7-5-3-1-2-4-6(5)8(10)11-7;4-1-3(6)2-5/h6-7,9-10H,2-5,8,11-17H2,1H3,(H,19,20);1-4H;3-6H,1-2H2. The lowest BCUT2D eigenvalue weighted by molar-refractivity contribution is -0.137. The van der Waals surface area contributed by atoms with E-state index < -0.39 is 24.0 Å². The first-order chi connectivity index (χ1) is 17.9. The van der Waals surface area contributed by atoms with Crippen LogP contribution >= 0.6 is 0 Å². The van der Waals surface area contributed by atoms with Gasteiger partial charge in [0.25, 0.3) is 0 Å². The number of aliphatic carboxylic acids is 1. The van der Waals surface area contributed by atoms with E-state index in [9.17, 15) is 14.4 Å². The number of carboxylic acid groups (broad SMARTS) is 1. The summed E-state index contributed by atoms with van der Waals surface area (Å²) in [7, 11) is 0. The number of unbranched alkanes of at least 4 members (excludes halogenated alkanes) is 8. The molecule has 0 amide bonds. The van der Waals surface area contributed by atoms with Crippen molar-refractivity contribution in [2.24, 2.45) is 0 Å². The number of esters is 2. The van der Waals surface area contributed by atoms with E-state index in [-0.39, 0.29) is 13.2 Å². The van der Waals surface area contributed by atoms with E-state index in [4.69, 9.17) is 20.4 Å². The van der Waals surface area contributed by atoms with Crippen molar-refractivity contribution >= 4 is 17.9 Å². The fourth-order valence-corrected chi connectivity index (χ4v) is 3.18. The first-order valence-electron chi connectivity index (χ1n) is 13.1. The number of allylic oxidation sites excluding steroid dienone is 4. The van der Waals surface area contributed by atoms with E-state index in [0.29, 0.717) is 17.5 Å². The second kappa shape index (κ2) is 23.6. The monoisotopic (exact) mass is 520 g/mol. The number of aliphatic hydroxyl groups excluding tert-OH is 3. The molecule has 1 aliphatic rings. The Balaban J connectivity index is 0.000000627. The van der Waals surface area contributed by atoms with Crippen LogP contribution in [-0.4, -0.2) is 57.7 Å². The summed E-state index contributed by atoms with van der Waals surface area (Å²) < 4.78 is 4.35. The second-order valence-corrected chi connectivity index (χ2v) is 8.62. The Morgan fingerprint density at radius 2 is 1.30 bits per heavy atom. The molecule has 0 aliphatic carbocycles. The largest absolute Gasteiger partial charge is 0.481 e. The van der Waals surface area contributed by atoms with Crippen molar-refractivity contribution < 1.29 is 39.5 Å². The van der Waals surface area contributed by atoms with Gasteiger partial charge in [-0.2, -0.15) is 0 Å². The number of fused-ring (bicyclic) bond motifs is 1. The van der Waals surface area contributed by atoms with Crippen molar-refractivity contribution in [2.75, 3.05) is 13.2 Å². The molecule has 0 aromatic heterocycles. The van der Waals surface area contributed by atoms with Gasteiger partial charge in [-0.05, 0) is 50.7 Å². The number of ether oxygens (including phenoxy) is 1. The molecule has 208 valence electrons. The van der Waals surface area contributed by atoms with Crippen LogP contribution in [-0.2, 0) is 9.53 Å². The number of carbonyl (C=O) groups excluding carboxylic acids is 2. The Bertz CT molecular complexity index is 779. The Labute approximate surface area is 220 Å². The highest BCUT2D eigenvalue weighted by Gasteiger charge is 2.28. The molecule has 0 spiro atoms. The van der Waals surface area contributed by atoms with Crippen LogP contribution in [0, 0.1) is 0 Å². The molecule has 4 N–H and O–H groups in total. The molecule has 0 atom stereocenters. The van der Waals surface area contributed by atoms with Crippen LogP contribution in [0.2, 0.25) is 0 Å². The van der Waals surface area contributed by atoms with Crippen molar-refractivity contribution in [1.82, 2.24) is 0 Å². The maximum absolute atomic E-state index is 10.8. The molecule has 0 bridgehead atoms.